The molecule has 0 aliphatic carbocycles. The zero-order valence-electron chi connectivity index (χ0n) is 25.2. The summed E-state index contributed by atoms with van der Waals surface area (Å²) in [4.78, 5) is 18.0. The van der Waals surface area contributed by atoms with Gasteiger partial charge in [0.05, 0.1) is 40.9 Å². The van der Waals surface area contributed by atoms with Crippen LogP contribution in [0.4, 0.5) is 13.6 Å². The first-order valence-corrected chi connectivity index (χ1v) is 14.7. The molecule has 1 amide bonds. The number of carbonyl (C=O) groups excluding carboxylic acids is 1. The van der Waals surface area contributed by atoms with Crippen molar-refractivity contribution in [2.45, 2.75) is 57.3 Å². The second-order valence-electron chi connectivity index (χ2n) is 12.0. The van der Waals surface area contributed by atoms with Crippen LogP contribution in [0.5, 0.6) is 5.88 Å². The molecule has 1 atom stereocenters. The Morgan fingerprint density at radius 2 is 1.82 bits per heavy atom. The van der Waals surface area contributed by atoms with Crippen molar-refractivity contribution in [3.63, 3.8) is 0 Å². The lowest BCUT2D eigenvalue weighted by Gasteiger charge is -2.26. The number of alkyl carbamates (subject to hydrolysis) is 1. The number of benzene rings is 2. The average Bonchev–Trinajstić information content (AvgIpc) is 3.25. The van der Waals surface area contributed by atoms with Gasteiger partial charge in [-0.3, -0.25) is 4.68 Å². The molecule has 236 valence electrons. The molecular weight excluding hydrogens is 606 g/mol. The molecule has 1 fully saturated rings. The maximum Gasteiger partial charge on any atom is 0.408 e. The van der Waals surface area contributed by atoms with Gasteiger partial charge in [-0.2, -0.15) is 0 Å². The van der Waals surface area contributed by atoms with E-state index in [1.54, 1.807) is 52.1 Å². The number of nitrogens with zero attached hydrogens (tertiary/aromatic N) is 3. The molecule has 5 rings (SSSR count). The topological polar surface area (TPSA) is 119 Å². The van der Waals surface area contributed by atoms with Crippen LogP contribution in [0.25, 0.3) is 22.0 Å². The van der Waals surface area contributed by atoms with Crippen molar-refractivity contribution in [2.75, 3.05) is 13.2 Å². The van der Waals surface area contributed by atoms with E-state index in [1.807, 2.05) is 0 Å². The quantitative estimate of drug-likeness (QED) is 0.230. The molecule has 2 aromatic heterocycles. The Morgan fingerprint density at radius 3 is 2.49 bits per heavy atom. The van der Waals surface area contributed by atoms with Gasteiger partial charge in [0.25, 0.3) is 0 Å². The lowest BCUT2D eigenvalue weighted by Crippen LogP contribution is -2.36. The van der Waals surface area contributed by atoms with Crippen LogP contribution < -0.4 is 5.32 Å². The van der Waals surface area contributed by atoms with Gasteiger partial charge in [0, 0.05) is 37.1 Å². The Morgan fingerprint density at radius 1 is 1.16 bits per heavy atom. The molecule has 1 aliphatic rings. The summed E-state index contributed by atoms with van der Waals surface area (Å²) in [6.07, 6.45) is -0.166. The van der Waals surface area contributed by atoms with Crippen LogP contribution in [0, 0.1) is 23.5 Å². The number of aliphatic hydroxyl groups is 1. The maximum absolute atomic E-state index is 14.3. The fourth-order valence-corrected chi connectivity index (χ4v) is 5.49. The molecule has 9 nitrogen and oxygen atoms in total. The van der Waals surface area contributed by atoms with Gasteiger partial charge >= 0.3 is 6.09 Å². The fourth-order valence-electron chi connectivity index (χ4n) is 5.26. The maximum atomic E-state index is 14.3. The molecule has 12 heteroatoms. The first-order valence-electron chi connectivity index (χ1n) is 14.3. The van der Waals surface area contributed by atoms with Gasteiger partial charge in [-0.15, -0.1) is 5.10 Å². The summed E-state index contributed by atoms with van der Waals surface area (Å²) in [5, 5.41) is 29.0. The number of fused-ring (bicyclic) bond motifs is 1. The predicted molar refractivity (Wildman–Crippen MR) is 165 cm³/mol. The Bertz CT molecular complexity index is 1800. The van der Waals surface area contributed by atoms with Crippen molar-refractivity contribution in [2.24, 2.45) is 7.05 Å². The lowest BCUT2D eigenvalue weighted by molar-refractivity contribution is -0.0262. The summed E-state index contributed by atoms with van der Waals surface area (Å²) in [7, 11) is 1.65. The minimum Gasteiger partial charge on any atom is -0.492 e. The average molecular weight is 639 g/mol. The fraction of sp³-hybridized carbons (Fsp3) is 0.364. The van der Waals surface area contributed by atoms with E-state index in [4.69, 9.17) is 26.1 Å². The van der Waals surface area contributed by atoms with Crippen LogP contribution in [0.2, 0.25) is 5.02 Å². The third-order valence-electron chi connectivity index (χ3n) is 7.26. The van der Waals surface area contributed by atoms with Crippen LogP contribution in [0.3, 0.4) is 0 Å². The third-order valence-corrected chi connectivity index (χ3v) is 7.58. The Labute approximate surface area is 264 Å². The molecule has 3 heterocycles. The zero-order valence-corrected chi connectivity index (χ0v) is 26.0. The molecule has 0 bridgehead atoms. The monoisotopic (exact) mass is 638 g/mol. The normalized spacial score (nSPS) is 15.3. The molecule has 0 radical (unpaired) electrons. The standard InChI is InChI=1S/C33H33ClF2N4O5/c1-32(2,3)45-31(42)38-26(17-19-15-20(35)18-21(36)16-19)28-23(24-7-8-25(34)27-29(24)40(4)39-30(27)41)6-5-22(37-28)9-10-33(43)11-13-44-14-12-33/h5-8,15-16,18,26,43H,11-14,17H2,1-4H3,(H,38,42)(H,39,41)/t26-/m0/s1. The van der Waals surface area contributed by atoms with E-state index >= 15 is 0 Å². The van der Waals surface area contributed by atoms with Crippen molar-refractivity contribution < 1.29 is 33.3 Å². The summed E-state index contributed by atoms with van der Waals surface area (Å²) >= 11 is 6.43. The number of halogens is 3. The molecule has 4 aromatic rings. The predicted octanol–water partition coefficient (Wildman–Crippen LogP) is 5.97. The van der Waals surface area contributed by atoms with Crippen LogP contribution in [0.15, 0.2) is 42.5 Å². The largest absolute Gasteiger partial charge is 0.492 e. The van der Waals surface area contributed by atoms with E-state index in [9.17, 15) is 23.8 Å². The number of hydrogen-bond acceptors (Lipinski definition) is 7. The number of aromatic hydroxyl groups is 1. The molecule has 1 saturated heterocycles. The highest BCUT2D eigenvalue weighted by molar-refractivity contribution is 6.36. The molecular formula is C33H33ClF2N4O5. The lowest BCUT2D eigenvalue weighted by atomic mass is 9.93. The van der Waals surface area contributed by atoms with E-state index in [-0.39, 0.29) is 28.6 Å². The van der Waals surface area contributed by atoms with Gasteiger partial charge in [0.1, 0.15) is 28.5 Å². The summed E-state index contributed by atoms with van der Waals surface area (Å²) in [5.74, 6) is 4.05. The number of ether oxygens (including phenoxy) is 2. The number of rotatable bonds is 5. The van der Waals surface area contributed by atoms with Crippen LogP contribution in [-0.2, 0) is 22.9 Å². The Hall–Kier alpha value is -4.24. The first kappa shape index (κ1) is 32.2. The molecule has 0 spiro atoms. The Balaban J connectivity index is 1.71. The second kappa shape index (κ2) is 12.6. The number of amides is 1. The number of hydrogen-bond donors (Lipinski definition) is 3. The summed E-state index contributed by atoms with van der Waals surface area (Å²) in [5.41, 5.74) is 0.315. The summed E-state index contributed by atoms with van der Waals surface area (Å²) in [6.45, 7) is 5.88. The van der Waals surface area contributed by atoms with Crippen molar-refractivity contribution in [1.29, 1.82) is 0 Å². The minimum atomic E-state index is -1.25. The molecule has 45 heavy (non-hydrogen) atoms. The van der Waals surface area contributed by atoms with Gasteiger partial charge in [0.2, 0.25) is 5.88 Å². The number of nitrogens with one attached hydrogen (secondary N) is 1. The van der Waals surface area contributed by atoms with E-state index < -0.39 is 35.0 Å². The zero-order chi connectivity index (χ0) is 32.5. The minimum absolute atomic E-state index is 0.0700. The number of pyridine rings is 1. The number of aryl methyl sites for hydroxylation is 1. The smallest absolute Gasteiger partial charge is 0.408 e. The molecule has 2 aromatic carbocycles. The van der Waals surface area contributed by atoms with Crippen molar-refractivity contribution >= 4 is 28.6 Å². The van der Waals surface area contributed by atoms with Crippen LogP contribution in [0.1, 0.15) is 56.6 Å². The van der Waals surface area contributed by atoms with Gasteiger partial charge in [0.15, 0.2) is 0 Å². The van der Waals surface area contributed by atoms with Gasteiger partial charge < -0.3 is 25.0 Å². The molecule has 0 saturated carbocycles. The van der Waals surface area contributed by atoms with E-state index in [2.05, 4.69) is 22.3 Å². The molecule has 1 aliphatic heterocycles. The highest BCUT2D eigenvalue weighted by Gasteiger charge is 2.29. The molecule has 3 N–H and O–H groups in total. The van der Waals surface area contributed by atoms with Gasteiger partial charge in [-0.1, -0.05) is 23.6 Å². The number of carbonyl (C=O) groups is 1. The molecule has 0 unspecified atom stereocenters. The van der Waals surface area contributed by atoms with E-state index in [1.165, 1.54) is 16.8 Å². The van der Waals surface area contributed by atoms with E-state index in [0.29, 0.717) is 53.8 Å². The van der Waals surface area contributed by atoms with Gasteiger partial charge in [-0.05, 0) is 69.0 Å². The van der Waals surface area contributed by atoms with Crippen molar-refractivity contribution in [1.82, 2.24) is 20.1 Å². The SMILES string of the molecule is Cn1nc(O)c2c(Cl)ccc(-c3ccc(C#CC4(O)CCOCC4)nc3[C@H](Cc3cc(F)cc(F)c3)NC(=O)OC(C)(C)C)c21. The Kier molecular flexibility index (Phi) is 9.03. The van der Waals surface area contributed by atoms with Crippen molar-refractivity contribution in [3.05, 3.63) is 76.1 Å². The highest BCUT2D eigenvalue weighted by atomic mass is 35.5. The summed E-state index contributed by atoms with van der Waals surface area (Å²) in [6, 6.07) is 8.89. The third kappa shape index (κ3) is 7.53. The number of aromatic nitrogens is 3. The van der Waals surface area contributed by atoms with E-state index in [0.717, 1.165) is 6.07 Å². The first-order chi connectivity index (χ1) is 21.2. The van der Waals surface area contributed by atoms with Gasteiger partial charge in [-0.25, -0.2) is 18.6 Å². The highest BCUT2D eigenvalue weighted by Crippen LogP contribution is 2.40. The van der Waals surface area contributed by atoms with Crippen LogP contribution in [-0.4, -0.2) is 55.5 Å². The second-order valence-corrected chi connectivity index (χ2v) is 12.4. The van der Waals surface area contributed by atoms with Crippen LogP contribution >= 0.6 is 11.6 Å². The van der Waals surface area contributed by atoms with Crippen molar-refractivity contribution in [3.8, 4) is 28.8 Å². The summed E-state index contributed by atoms with van der Waals surface area (Å²) < 4.78 is 40.9.